The van der Waals surface area contributed by atoms with Gasteiger partial charge in [0, 0.05) is 34.4 Å². The number of aromatic nitrogens is 2. The van der Waals surface area contributed by atoms with Gasteiger partial charge < -0.3 is 10.8 Å². The molecule has 148 valence electrons. The quantitative estimate of drug-likeness (QED) is 0.487. The summed E-state index contributed by atoms with van der Waals surface area (Å²) in [5.74, 6) is -0.266. The van der Waals surface area contributed by atoms with Gasteiger partial charge in [0.05, 0.1) is 16.4 Å². The Balaban J connectivity index is 1.53. The Morgan fingerprint density at radius 3 is 3.04 bits per heavy atom. The number of halogens is 2. The normalized spacial score (nSPS) is 15.6. The summed E-state index contributed by atoms with van der Waals surface area (Å²) in [4.78, 5) is 2.11. The molecule has 4 rings (SSSR count). The first-order chi connectivity index (χ1) is 13.5. The van der Waals surface area contributed by atoms with Gasteiger partial charge in [-0.3, -0.25) is 10.00 Å². The first-order valence-corrected chi connectivity index (χ1v) is 10.9. The van der Waals surface area contributed by atoms with Gasteiger partial charge in [-0.1, -0.05) is 12.1 Å². The van der Waals surface area contributed by atoms with Gasteiger partial charge in [-0.2, -0.15) is 5.10 Å². The van der Waals surface area contributed by atoms with Gasteiger partial charge in [0.1, 0.15) is 12.0 Å². The van der Waals surface area contributed by atoms with Crippen LogP contribution in [-0.4, -0.2) is 27.5 Å². The van der Waals surface area contributed by atoms with Crippen LogP contribution >= 0.6 is 27.3 Å². The van der Waals surface area contributed by atoms with Crippen molar-refractivity contribution >= 4 is 27.3 Å². The third kappa shape index (κ3) is 4.06. The second-order valence-electron chi connectivity index (χ2n) is 6.99. The molecule has 0 bridgehead atoms. The van der Waals surface area contributed by atoms with Gasteiger partial charge in [0.25, 0.3) is 0 Å². The molecule has 1 aliphatic rings. The van der Waals surface area contributed by atoms with Gasteiger partial charge in [-0.25, -0.2) is 4.39 Å². The largest absolute Gasteiger partial charge is 0.373 e. The average molecular weight is 465 g/mol. The molecule has 2 atom stereocenters. The van der Waals surface area contributed by atoms with E-state index in [4.69, 9.17) is 5.73 Å². The van der Waals surface area contributed by atoms with Crippen molar-refractivity contribution in [2.75, 3.05) is 6.54 Å². The number of rotatable bonds is 6. The molecule has 8 heteroatoms. The van der Waals surface area contributed by atoms with E-state index >= 15 is 0 Å². The summed E-state index contributed by atoms with van der Waals surface area (Å²) >= 11 is 5.21. The van der Waals surface area contributed by atoms with Crippen LogP contribution in [0.2, 0.25) is 0 Å². The minimum atomic E-state index is -0.825. The van der Waals surface area contributed by atoms with E-state index in [1.54, 1.807) is 17.4 Å². The topological polar surface area (TPSA) is 76.1 Å². The lowest BCUT2D eigenvalue weighted by Gasteiger charge is -2.20. The van der Waals surface area contributed by atoms with Crippen molar-refractivity contribution in [2.24, 2.45) is 5.73 Å². The van der Waals surface area contributed by atoms with E-state index in [0.29, 0.717) is 13.0 Å². The van der Waals surface area contributed by atoms with Gasteiger partial charge in [0.2, 0.25) is 0 Å². The third-order valence-corrected chi connectivity index (χ3v) is 6.80. The number of hydrogen-bond acceptors (Lipinski definition) is 5. The molecule has 0 fully saturated rings. The van der Waals surface area contributed by atoms with E-state index in [1.807, 2.05) is 23.0 Å². The predicted octanol–water partition coefficient (Wildman–Crippen LogP) is 3.61. The van der Waals surface area contributed by atoms with Crippen LogP contribution in [-0.2, 0) is 19.4 Å². The van der Waals surface area contributed by atoms with Crippen molar-refractivity contribution in [1.29, 1.82) is 0 Å². The van der Waals surface area contributed by atoms with Crippen molar-refractivity contribution in [2.45, 2.75) is 38.1 Å². The van der Waals surface area contributed by atoms with E-state index in [2.05, 4.69) is 26.3 Å². The molecule has 0 amide bonds. The molecule has 4 N–H and O–H groups in total. The Kier molecular flexibility index (Phi) is 5.93. The Morgan fingerprint density at radius 1 is 1.39 bits per heavy atom. The molecular weight excluding hydrogens is 443 g/mol. The molecule has 1 aromatic carbocycles. The van der Waals surface area contributed by atoms with Crippen LogP contribution in [0.15, 0.2) is 41.0 Å². The monoisotopic (exact) mass is 464 g/mol. The number of aryl methyl sites for hydroxylation is 2. The number of aliphatic hydroxyl groups excluding tert-OH is 1. The van der Waals surface area contributed by atoms with E-state index in [0.717, 1.165) is 45.6 Å². The lowest BCUT2D eigenvalue weighted by Crippen LogP contribution is -2.40. The molecule has 0 aliphatic carbocycles. The standard InChI is InChI=1S/C20H22BrFN4OS/c21-16-11-24-26-6-2-5-17-15(19(16)26)9-18(28-17)20(27)25-14(10-23)8-12-3-1-4-13(22)7-12/h1,3-4,7,9,11,14,20,25,27H,2,5-6,8,10,23H2. The van der Waals surface area contributed by atoms with Crippen LogP contribution in [0.25, 0.3) is 11.3 Å². The summed E-state index contributed by atoms with van der Waals surface area (Å²) < 4.78 is 16.4. The zero-order valence-corrected chi connectivity index (χ0v) is 17.6. The molecule has 5 nitrogen and oxygen atoms in total. The lowest BCUT2D eigenvalue weighted by molar-refractivity contribution is 0.127. The smallest absolute Gasteiger partial charge is 0.140 e. The molecule has 0 saturated heterocycles. The fourth-order valence-electron chi connectivity index (χ4n) is 3.62. The Labute approximate surface area is 175 Å². The molecule has 3 aromatic rings. The van der Waals surface area contributed by atoms with Gasteiger partial charge in [0.15, 0.2) is 0 Å². The summed E-state index contributed by atoms with van der Waals surface area (Å²) in [5, 5.41) is 18.4. The number of nitrogens with zero attached hydrogens (tertiary/aromatic N) is 2. The zero-order chi connectivity index (χ0) is 19.7. The van der Waals surface area contributed by atoms with E-state index in [9.17, 15) is 9.50 Å². The Bertz CT molecular complexity index is 973. The summed E-state index contributed by atoms with van der Waals surface area (Å²) in [6.45, 7) is 1.23. The summed E-state index contributed by atoms with van der Waals surface area (Å²) in [6.07, 6.45) is 3.53. The second kappa shape index (κ2) is 8.42. The first-order valence-electron chi connectivity index (χ1n) is 9.28. The third-order valence-electron chi connectivity index (χ3n) is 4.97. The highest BCUT2D eigenvalue weighted by Gasteiger charge is 2.24. The molecule has 28 heavy (non-hydrogen) atoms. The molecule has 0 saturated carbocycles. The lowest BCUT2D eigenvalue weighted by atomic mass is 10.1. The van der Waals surface area contributed by atoms with Crippen LogP contribution in [0.5, 0.6) is 0 Å². The van der Waals surface area contributed by atoms with Crippen LogP contribution in [0, 0.1) is 5.82 Å². The first kappa shape index (κ1) is 19.7. The van der Waals surface area contributed by atoms with Gasteiger partial charge in [-0.05, 0) is 59.0 Å². The molecule has 0 spiro atoms. The fourth-order valence-corrected chi connectivity index (χ4v) is 5.29. The molecule has 1 aliphatic heterocycles. The molecular formula is C20H22BrFN4OS. The minimum Gasteiger partial charge on any atom is -0.373 e. The summed E-state index contributed by atoms with van der Waals surface area (Å²) in [7, 11) is 0. The number of benzene rings is 1. The fraction of sp³-hybridized carbons (Fsp3) is 0.350. The number of aliphatic hydroxyl groups is 1. The van der Waals surface area contributed by atoms with Crippen molar-refractivity contribution in [3.63, 3.8) is 0 Å². The number of fused-ring (bicyclic) bond motifs is 3. The van der Waals surface area contributed by atoms with Crippen LogP contribution in [0.1, 0.15) is 28.0 Å². The molecule has 0 radical (unpaired) electrons. The maximum Gasteiger partial charge on any atom is 0.140 e. The number of nitrogens with one attached hydrogen (secondary N) is 1. The maximum atomic E-state index is 13.4. The number of nitrogens with two attached hydrogens (primary N) is 1. The molecule has 3 heterocycles. The number of hydrogen-bond donors (Lipinski definition) is 3. The minimum absolute atomic E-state index is 0.157. The average Bonchev–Trinajstić information content (AvgIpc) is 3.20. The second-order valence-corrected chi connectivity index (χ2v) is 9.01. The van der Waals surface area contributed by atoms with Crippen LogP contribution in [0.3, 0.4) is 0 Å². The Hall–Kier alpha value is -1.58. The molecule has 2 aromatic heterocycles. The summed E-state index contributed by atoms with van der Waals surface area (Å²) in [6, 6.07) is 8.36. The molecule has 2 unspecified atom stereocenters. The highest BCUT2D eigenvalue weighted by Crippen LogP contribution is 2.40. The predicted molar refractivity (Wildman–Crippen MR) is 113 cm³/mol. The Morgan fingerprint density at radius 2 is 2.25 bits per heavy atom. The number of thiophene rings is 1. The van der Waals surface area contributed by atoms with E-state index in [-0.39, 0.29) is 11.9 Å². The highest BCUT2D eigenvalue weighted by molar-refractivity contribution is 9.10. The van der Waals surface area contributed by atoms with Gasteiger partial charge >= 0.3 is 0 Å². The SMILES string of the molecule is NCC(Cc1cccc(F)c1)NC(O)c1cc2c(s1)CCCn1ncc(Br)c1-2. The maximum absolute atomic E-state index is 13.4. The zero-order valence-electron chi connectivity index (χ0n) is 15.2. The van der Waals surface area contributed by atoms with Crippen LogP contribution in [0.4, 0.5) is 4.39 Å². The van der Waals surface area contributed by atoms with Crippen molar-refractivity contribution in [1.82, 2.24) is 15.1 Å². The van der Waals surface area contributed by atoms with Gasteiger partial charge in [-0.15, -0.1) is 11.3 Å². The van der Waals surface area contributed by atoms with Crippen LogP contribution < -0.4 is 11.1 Å². The van der Waals surface area contributed by atoms with Crippen molar-refractivity contribution in [3.05, 3.63) is 62.1 Å². The van der Waals surface area contributed by atoms with E-state index in [1.165, 1.54) is 17.0 Å². The van der Waals surface area contributed by atoms with E-state index < -0.39 is 6.23 Å². The summed E-state index contributed by atoms with van der Waals surface area (Å²) in [5.41, 5.74) is 8.93. The highest BCUT2D eigenvalue weighted by atomic mass is 79.9. The van der Waals surface area contributed by atoms with Crippen molar-refractivity contribution < 1.29 is 9.50 Å². The van der Waals surface area contributed by atoms with Crippen molar-refractivity contribution in [3.8, 4) is 11.3 Å².